The summed E-state index contributed by atoms with van der Waals surface area (Å²) >= 11 is 6.13. The van der Waals surface area contributed by atoms with E-state index in [0.717, 1.165) is 11.6 Å². The smallest absolute Gasteiger partial charge is 0.340 e. The minimum absolute atomic E-state index is 0.0142. The maximum Gasteiger partial charge on any atom is 0.340 e. The van der Waals surface area contributed by atoms with Gasteiger partial charge in [0.05, 0.1) is 15.5 Å². The summed E-state index contributed by atoms with van der Waals surface area (Å²) in [7, 11) is -2.46. The number of halogens is 1. The van der Waals surface area contributed by atoms with Crippen molar-refractivity contribution in [2.24, 2.45) is 0 Å². The van der Waals surface area contributed by atoms with Gasteiger partial charge in [-0.2, -0.15) is 4.31 Å². The lowest BCUT2D eigenvalue weighted by molar-refractivity contribution is -0.123. The molecule has 0 heterocycles. The second kappa shape index (κ2) is 10.6. The second-order valence-corrected chi connectivity index (χ2v) is 9.74. The molecule has 1 N–H and O–H groups in total. The molecular weight excluding hydrogens is 464 g/mol. The number of esters is 1. The highest BCUT2D eigenvalue weighted by molar-refractivity contribution is 7.89. The molecule has 9 heteroatoms. The van der Waals surface area contributed by atoms with Gasteiger partial charge in [0.1, 0.15) is 0 Å². The van der Waals surface area contributed by atoms with Crippen molar-refractivity contribution in [2.75, 3.05) is 12.4 Å². The fourth-order valence-corrected chi connectivity index (χ4v) is 4.35. The molecule has 1 atom stereocenters. The molecule has 0 bridgehead atoms. The Balaban J connectivity index is 1.74. The summed E-state index contributed by atoms with van der Waals surface area (Å²) in [6, 6.07) is 21.6. The highest BCUT2D eigenvalue weighted by atomic mass is 35.5. The first-order valence-electron chi connectivity index (χ1n) is 10.0. The molecule has 7 nitrogen and oxygen atoms in total. The largest absolute Gasteiger partial charge is 0.449 e. The highest BCUT2D eigenvalue weighted by Gasteiger charge is 2.26. The zero-order valence-electron chi connectivity index (χ0n) is 18.1. The Bertz CT molecular complexity index is 1230. The van der Waals surface area contributed by atoms with Crippen molar-refractivity contribution in [3.8, 4) is 0 Å². The second-order valence-electron chi connectivity index (χ2n) is 7.29. The number of nitrogens with zero attached hydrogens (tertiary/aromatic N) is 1. The summed E-state index contributed by atoms with van der Waals surface area (Å²) in [4.78, 5) is 24.9. The average Bonchev–Trinajstić information content (AvgIpc) is 2.80. The van der Waals surface area contributed by atoms with Crippen molar-refractivity contribution in [2.45, 2.75) is 24.5 Å². The summed E-state index contributed by atoms with van der Waals surface area (Å²) in [5.41, 5.74) is 1.22. The molecule has 0 fully saturated rings. The van der Waals surface area contributed by atoms with Crippen LogP contribution in [0.5, 0.6) is 0 Å². The molecule has 33 heavy (non-hydrogen) atoms. The van der Waals surface area contributed by atoms with Crippen LogP contribution in [0.1, 0.15) is 22.8 Å². The summed E-state index contributed by atoms with van der Waals surface area (Å²) in [5, 5.41) is 2.65. The number of nitrogens with one attached hydrogen (secondary N) is 1. The van der Waals surface area contributed by atoms with E-state index in [9.17, 15) is 18.0 Å². The standard InChI is InChI=1S/C24H23ClN2O5S/c1-17(23(28)26-19-11-7-4-8-12-19)32-24(29)21-15-20(13-14-22(21)25)33(30,31)27(2)16-18-9-5-3-6-10-18/h3-15,17H,16H2,1-2H3,(H,26,28)/t17-/m1/s1. The van der Waals surface area contributed by atoms with Gasteiger partial charge in [-0.1, -0.05) is 60.1 Å². The predicted molar refractivity (Wildman–Crippen MR) is 126 cm³/mol. The number of carbonyl (C=O) groups excluding carboxylic acids is 2. The lowest BCUT2D eigenvalue weighted by atomic mass is 10.2. The van der Waals surface area contributed by atoms with Crippen LogP contribution in [0.25, 0.3) is 0 Å². The van der Waals surface area contributed by atoms with Crippen LogP contribution in [0, 0.1) is 0 Å². The number of carbonyl (C=O) groups is 2. The molecule has 0 aliphatic heterocycles. The van der Waals surface area contributed by atoms with Crippen LogP contribution in [-0.4, -0.2) is 37.8 Å². The first-order chi connectivity index (χ1) is 15.7. The van der Waals surface area contributed by atoms with Gasteiger partial charge < -0.3 is 10.1 Å². The Morgan fingerprint density at radius 1 is 1.00 bits per heavy atom. The van der Waals surface area contributed by atoms with E-state index in [2.05, 4.69) is 5.32 Å². The Labute approximate surface area is 198 Å². The van der Waals surface area contributed by atoms with Gasteiger partial charge in [-0.05, 0) is 42.8 Å². The Kier molecular flexibility index (Phi) is 7.86. The number of rotatable bonds is 8. The lowest BCUT2D eigenvalue weighted by Gasteiger charge is -2.18. The van der Waals surface area contributed by atoms with E-state index < -0.39 is 28.0 Å². The van der Waals surface area contributed by atoms with Crippen LogP contribution >= 0.6 is 11.6 Å². The van der Waals surface area contributed by atoms with Crippen LogP contribution in [0.15, 0.2) is 83.8 Å². The Morgan fingerprint density at radius 3 is 2.24 bits per heavy atom. The Hall–Kier alpha value is -3.20. The van der Waals surface area contributed by atoms with E-state index in [1.807, 2.05) is 30.3 Å². The van der Waals surface area contributed by atoms with Gasteiger partial charge in [0, 0.05) is 19.3 Å². The normalized spacial score (nSPS) is 12.2. The predicted octanol–water partition coefficient (Wildman–Crippen LogP) is 4.34. The maximum atomic E-state index is 13.0. The SMILES string of the molecule is C[C@@H](OC(=O)c1cc(S(=O)(=O)N(C)Cc2ccccc2)ccc1Cl)C(=O)Nc1ccccc1. The van der Waals surface area contributed by atoms with Crippen LogP contribution in [-0.2, 0) is 26.1 Å². The fourth-order valence-electron chi connectivity index (χ4n) is 2.97. The van der Waals surface area contributed by atoms with E-state index in [4.69, 9.17) is 16.3 Å². The van der Waals surface area contributed by atoms with E-state index in [0.29, 0.717) is 5.69 Å². The zero-order chi connectivity index (χ0) is 24.0. The van der Waals surface area contributed by atoms with Crippen molar-refractivity contribution >= 4 is 39.2 Å². The molecule has 3 rings (SSSR count). The van der Waals surface area contributed by atoms with Crippen molar-refractivity contribution < 1.29 is 22.7 Å². The van der Waals surface area contributed by atoms with E-state index >= 15 is 0 Å². The molecule has 3 aromatic carbocycles. The molecule has 172 valence electrons. The fraction of sp³-hybridized carbons (Fsp3) is 0.167. The topological polar surface area (TPSA) is 92.8 Å². The third kappa shape index (κ3) is 6.19. The number of benzene rings is 3. The van der Waals surface area contributed by atoms with Gasteiger partial charge in [-0.3, -0.25) is 4.79 Å². The van der Waals surface area contributed by atoms with Gasteiger partial charge in [-0.25, -0.2) is 13.2 Å². The number of amides is 1. The molecular formula is C24H23ClN2O5S. The summed E-state index contributed by atoms with van der Waals surface area (Å²) < 4.78 is 32.5. The monoisotopic (exact) mass is 486 g/mol. The van der Waals surface area contributed by atoms with Crippen LogP contribution in [0.2, 0.25) is 5.02 Å². The lowest BCUT2D eigenvalue weighted by Crippen LogP contribution is -2.30. The number of hydrogen-bond donors (Lipinski definition) is 1. The summed E-state index contributed by atoms with van der Waals surface area (Å²) in [6.45, 7) is 1.57. The van der Waals surface area contributed by atoms with Crippen molar-refractivity contribution in [1.29, 1.82) is 0 Å². The molecule has 0 unspecified atom stereocenters. The van der Waals surface area contributed by atoms with Crippen LogP contribution in [0.4, 0.5) is 5.69 Å². The average molecular weight is 487 g/mol. The third-order valence-electron chi connectivity index (χ3n) is 4.81. The molecule has 0 saturated carbocycles. The van der Waals surface area contributed by atoms with Crippen molar-refractivity contribution in [3.05, 3.63) is 95.0 Å². The van der Waals surface area contributed by atoms with Crippen molar-refractivity contribution in [1.82, 2.24) is 4.31 Å². The minimum atomic E-state index is -3.91. The number of para-hydroxylation sites is 1. The molecule has 0 spiro atoms. The van der Waals surface area contributed by atoms with Gasteiger partial charge in [0.15, 0.2) is 6.10 Å². The zero-order valence-corrected chi connectivity index (χ0v) is 19.6. The van der Waals surface area contributed by atoms with Gasteiger partial charge >= 0.3 is 5.97 Å². The molecule has 0 radical (unpaired) electrons. The number of anilines is 1. The van der Waals surface area contributed by atoms with Gasteiger partial charge in [-0.15, -0.1) is 0 Å². The van der Waals surface area contributed by atoms with Crippen LogP contribution < -0.4 is 5.32 Å². The molecule has 1 amide bonds. The summed E-state index contributed by atoms with van der Waals surface area (Å²) in [5.74, 6) is -1.43. The molecule has 0 saturated heterocycles. The van der Waals surface area contributed by atoms with Gasteiger partial charge in [0.25, 0.3) is 5.91 Å². The molecule has 0 aliphatic carbocycles. The van der Waals surface area contributed by atoms with Crippen LogP contribution in [0.3, 0.4) is 0 Å². The number of ether oxygens (including phenoxy) is 1. The minimum Gasteiger partial charge on any atom is -0.449 e. The summed E-state index contributed by atoms with van der Waals surface area (Å²) in [6.07, 6.45) is -1.13. The van der Waals surface area contributed by atoms with E-state index in [1.165, 1.54) is 30.4 Å². The van der Waals surface area contributed by atoms with Gasteiger partial charge in [0.2, 0.25) is 10.0 Å². The number of sulfonamides is 1. The first-order valence-corrected chi connectivity index (χ1v) is 11.9. The van der Waals surface area contributed by atoms with Crippen molar-refractivity contribution in [3.63, 3.8) is 0 Å². The maximum absolute atomic E-state index is 13.0. The Morgan fingerprint density at radius 2 is 1.61 bits per heavy atom. The molecule has 0 aromatic heterocycles. The highest BCUT2D eigenvalue weighted by Crippen LogP contribution is 2.24. The van der Waals surface area contributed by atoms with E-state index in [1.54, 1.807) is 30.3 Å². The third-order valence-corrected chi connectivity index (χ3v) is 6.94. The number of hydrogen-bond acceptors (Lipinski definition) is 5. The van der Waals surface area contributed by atoms with E-state index in [-0.39, 0.29) is 22.0 Å². The quantitative estimate of drug-likeness (QED) is 0.478. The first kappa shape index (κ1) is 24.4. The molecule has 0 aliphatic rings. The molecule has 3 aromatic rings.